The first kappa shape index (κ1) is 14.9. The lowest BCUT2D eigenvalue weighted by Gasteiger charge is -2.35. The summed E-state index contributed by atoms with van der Waals surface area (Å²) in [5.41, 5.74) is -0.634. The lowest BCUT2D eigenvalue weighted by Crippen LogP contribution is -2.48. The van der Waals surface area contributed by atoms with E-state index in [1.54, 1.807) is 0 Å². The second kappa shape index (κ2) is 5.64. The maximum absolute atomic E-state index is 13.3. The van der Waals surface area contributed by atoms with E-state index in [0.717, 1.165) is 31.2 Å². The van der Waals surface area contributed by atoms with E-state index in [1.807, 2.05) is 30.3 Å². The quantitative estimate of drug-likeness (QED) is 0.825. The van der Waals surface area contributed by atoms with Crippen LogP contribution in [-0.2, 0) is 0 Å². The molecule has 0 amide bonds. The fourth-order valence-electron chi connectivity index (χ4n) is 3.53. The molecule has 1 N–H and O–H groups in total. The molecular formula is C17H22F3N. The van der Waals surface area contributed by atoms with Crippen molar-refractivity contribution in [3.8, 4) is 0 Å². The van der Waals surface area contributed by atoms with Gasteiger partial charge in [0.05, 0.1) is 0 Å². The Bertz CT molecular complexity index is 459. The van der Waals surface area contributed by atoms with Crippen LogP contribution in [0.25, 0.3) is 0 Å². The minimum Gasteiger partial charge on any atom is -0.296 e. The molecule has 1 aromatic carbocycles. The third-order valence-electron chi connectivity index (χ3n) is 5.00. The molecule has 4 heteroatoms. The van der Waals surface area contributed by atoms with Crippen molar-refractivity contribution in [2.45, 2.75) is 62.7 Å². The van der Waals surface area contributed by atoms with E-state index in [1.165, 1.54) is 6.42 Å². The molecule has 0 aromatic heterocycles. The molecule has 0 radical (unpaired) electrons. The molecule has 0 heterocycles. The van der Waals surface area contributed by atoms with Crippen LogP contribution in [0.1, 0.15) is 56.6 Å². The van der Waals surface area contributed by atoms with Crippen LogP contribution < -0.4 is 5.32 Å². The molecule has 1 aromatic rings. The Hall–Kier alpha value is -1.03. The lowest BCUT2D eigenvalue weighted by molar-refractivity contribution is -0.169. The fraction of sp³-hybridized carbons (Fsp3) is 0.647. The van der Waals surface area contributed by atoms with Gasteiger partial charge in [-0.15, -0.1) is 0 Å². The van der Waals surface area contributed by atoms with E-state index in [4.69, 9.17) is 0 Å². The van der Waals surface area contributed by atoms with Gasteiger partial charge in [-0.1, -0.05) is 49.6 Å². The van der Waals surface area contributed by atoms with Crippen molar-refractivity contribution in [1.82, 2.24) is 5.32 Å². The summed E-state index contributed by atoms with van der Waals surface area (Å²) in [7, 11) is 0. The van der Waals surface area contributed by atoms with Crippen LogP contribution in [0.5, 0.6) is 0 Å². The summed E-state index contributed by atoms with van der Waals surface area (Å²) in [6.45, 7) is 0. The number of nitrogens with one attached hydrogen (secondary N) is 1. The topological polar surface area (TPSA) is 12.0 Å². The summed E-state index contributed by atoms with van der Waals surface area (Å²) in [5.74, 6) is 0.320. The summed E-state index contributed by atoms with van der Waals surface area (Å²) in [4.78, 5) is 0. The summed E-state index contributed by atoms with van der Waals surface area (Å²) >= 11 is 0. The Morgan fingerprint density at radius 3 is 2.14 bits per heavy atom. The van der Waals surface area contributed by atoms with Crippen molar-refractivity contribution >= 4 is 0 Å². The summed E-state index contributed by atoms with van der Waals surface area (Å²) < 4.78 is 39.8. The van der Waals surface area contributed by atoms with Gasteiger partial charge in [0.1, 0.15) is 5.54 Å². The standard InChI is InChI=1S/C17H22F3N/c18-17(19,20)16(11-12-16)21-15(13-7-3-1-4-8-13)14-9-5-2-6-10-14/h1,3-4,7-8,14-15,21H,2,5-6,9-12H2. The summed E-state index contributed by atoms with van der Waals surface area (Å²) in [6.07, 6.45) is 1.82. The van der Waals surface area contributed by atoms with E-state index < -0.39 is 11.7 Å². The Kier molecular flexibility index (Phi) is 4.00. The van der Waals surface area contributed by atoms with Gasteiger partial charge in [0.15, 0.2) is 0 Å². The monoisotopic (exact) mass is 297 g/mol. The van der Waals surface area contributed by atoms with E-state index >= 15 is 0 Å². The zero-order chi connectivity index (χ0) is 14.9. The molecule has 0 aliphatic heterocycles. The van der Waals surface area contributed by atoms with Gasteiger partial charge in [0.25, 0.3) is 0 Å². The third kappa shape index (κ3) is 3.10. The van der Waals surface area contributed by atoms with Crippen LogP contribution in [0, 0.1) is 5.92 Å². The molecule has 0 spiro atoms. The van der Waals surface area contributed by atoms with E-state index in [-0.39, 0.29) is 18.9 Å². The average molecular weight is 297 g/mol. The first-order chi connectivity index (χ1) is 10.0. The number of alkyl halides is 3. The van der Waals surface area contributed by atoms with Crippen molar-refractivity contribution in [2.75, 3.05) is 0 Å². The van der Waals surface area contributed by atoms with Crippen LogP contribution >= 0.6 is 0 Å². The minimum atomic E-state index is -4.14. The van der Waals surface area contributed by atoms with Crippen molar-refractivity contribution in [1.29, 1.82) is 0 Å². The number of benzene rings is 1. The third-order valence-corrected chi connectivity index (χ3v) is 5.00. The van der Waals surface area contributed by atoms with Gasteiger partial charge in [-0.25, -0.2) is 0 Å². The van der Waals surface area contributed by atoms with Crippen molar-refractivity contribution in [3.05, 3.63) is 35.9 Å². The molecule has 0 bridgehead atoms. The molecule has 0 saturated heterocycles. The normalized spacial score (nSPS) is 23.8. The van der Waals surface area contributed by atoms with E-state index in [0.29, 0.717) is 5.92 Å². The van der Waals surface area contributed by atoms with Gasteiger partial charge in [-0.3, -0.25) is 5.32 Å². The Morgan fingerprint density at radius 1 is 1.00 bits per heavy atom. The number of halogens is 3. The molecule has 2 aliphatic rings. The number of rotatable bonds is 4. The van der Waals surface area contributed by atoms with Crippen LogP contribution in [0.3, 0.4) is 0 Å². The van der Waals surface area contributed by atoms with Crippen molar-refractivity contribution in [2.24, 2.45) is 5.92 Å². The summed E-state index contributed by atoms with van der Waals surface area (Å²) in [6, 6.07) is 9.49. The molecule has 116 valence electrons. The lowest BCUT2D eigenvalue weighted by atomic mass is 9.80. The molecule has 1 nitrogen and oxygen atoms in total. The van der Waals surface area contributed by atoms with Gasteiger partial charge in [-0.05, 0) is 37.2 Å². The first-order valence-electron chi connectivity index (χ1n) is 7.91. The maximum atomic E-state index is 13.3. The van der Waals surface area contributed by atoms with Crippen molar-refractivity contribution < 1.29 is 13.2 Å². The van der Waals surface area contributed by atoms with Gasteiger partial charge >= 0.3 is 6.18 Å². The highest BCUT2D eigenvalue weighted by molar-refractivity contribution is 5.22. The SMILES string of the molecule is FC(F)(F)C1(NC(c2ccccc2)C2CCCCC2)CC1. The zero-order valence-corrected chi connectivity index (χ0v) is 12.1. The number of hydrogen-bond donors (Lipinski definition) is 1. The van der Waals surface area contributed by atoms with Crippen LogP contribution in [0.2, 0.25) is 0 Å². The highest BCUT2D eigenvalue weighted by Gasteiger charge is 2.64. The maximum Gasteiger partial charge on any atom is 0.406 e. The molecule has 1 atom stereocenters. The second-order valence-corrected chi connectivity index (χ2v) is 6.51. The molecule has 2 fully saturated rings. The zero-order valence-electron chi connectivity index (χ0n) is 12.1. The van der Waals surface area contributed by atoms with Gasteiger partial charge < -0.3 is 0 Å². The fourth-order valence-corrected chi connectivity index (χ4v) is 3.53. The van der Waals surface area contributed by atoms with E-state index in [9.17, 15) is 13.2 Å². The van der Waals surface area contributed by atoms with Crippen LogP contribution in [0.4, 0.5) is 13.2 Å². The van der Waals surface area contributed by atoms with Gasteiger partial charge in [0.2, 0.25) is 0 Å². The number of hydrogen-bond acceptors (Lipinski definition) is 1. The first-order valence-corrected chi connectivity index (χ1v) is 7.91. The molecule has 3 rings (SSSR count). The highest BCUT2D eigenvalue weighted by Crippen LogP contribution is 2.51. The predicted octanol–water partition coefficient (Wildman–Crippen LogP) is 4.99. The molecule has 2 saturated carbocycles. The summed E-state index contributed by atoms with van der Waals surface area (Å²) in [5, 5.41) is 3.01. The Balaban J connectivity index is 1.83. The van der Waals surface area contributed by atoms with Gasteiger partial charge in [-0.2, -0.15) is 13.2 Å². The van der Waals surface area contributed by atoms with E-state index in [2.05, 4.69) is 5.32 Å². The highest BCUT2D eigenvalue weighted by atomic mass is 19.4. The Morgan fingerprint density at radius 2 is 1.62 bits per heavy atom. The van der Waals surface area contributed by atoms with Crippen LogP contribution in [0.15, 0.2) is 30.3 Å². The Labute approximate surface area is 123 Å². The second-order valence-electron chi connectivity index (χ2n) is 6.51. The molecule has 2 aliphatic carbocycles. The van der Waals surface area contributed by atoms with Crippen molar-refractivity contribution in [3.63, 3.8) is 0 Å². The molecule has 1 unspecified atom stereocenters. The van der Waals surface area contributed by atoms with Gasteiger partial charge in [0, 0.05) is 6.04 Å². The van der Waals surface area contributed by atoms with Crippen LogP contribution in [-0.4, -0.2) is 11.7 Å². The predicted molar refractivity (Wildman–Crippen MR) is 76.9 cm³/mol. The minimum absolute atomic E-state index is 0.171. The molecule has 21 heavy (non-hydrogen) atoms. The largest absolute Gasteiger partial charge is 0.406 e. The molecular weight excluding hydrogens is 275 g/mol. The smallest absolute Gasteiger partial charge is 0.296 e. The average Bonchev–Trinajstić information content (AvgIpc) is 3.27.